The molecule has 1 heterocycles. The van der Waals surface area contributed by atoms with Gasteiger partial charge in [-0.1, -0.05) is 0 Å². The molecule has 4 fully saturated rings. The summed E-state index contributed by atoms with van der Waals surface area (Å²) in [5.41, 5.74) is -0.0931. The zero-order valence-corrected chi connectivity index (χ0v) is 14.9. The molecule has 0 atom stereocenters. The number of amides is 1. The molecule has 0 unspecified atom stereocenters. The Labute approximate surface area is 144 Å². The highest BCUT2D eigenvalue weighted by Gasteiger charge is 2.55. The Kier molecular flexibility index (Phi) is 4.19. The molecular formula is C20H29NO3. The fourth-order valence-corrected chi connectivity index (χ4v) is 5.92. The van der Waals surface area contributed by atoms with Gasteiger partial charge in [-0.3, -0.25) is 4.79 Å². The number of ether oxygens (including phenoxy) is 1. The highest BCUT2D eigenvalue weighted by Crippen LogP contribution is 2.60. The van der Waals surface area contributed by atoms with Crippen LogP contribution in [0.2, 0.25) is 0 Å². The number of furan rings is 1. The number of nitrogens with zero attached hydrogens (tertiary/aromatic N) is 1. The molecule has 132 valence electrons. The first kappa shape index (κ1) is 16.2. The summed E-state index contributed by atoms with van der Waals surface area (Å²) in [6, 6.07) is 3.96. The molecule has 0 N–H and O–H groups in total. The maximum atomic E-state index is 13.5. The largest absolute Gasteiger partial charge is 0.464 e. The van der Waals surface area contributed by atoms with Crippen molar-refractivity contribution in [3.05, 3.63) is 23.7 Å². The van der Waals surface area contributed by atoms with Gasteiger partial charge in [-0.05, 0) is 75.3 Å². The number of hydrogen-bond acceptors (Lipinski definition) is 3. The molecule has 4 aliphatic carbocycles. The molecule has 4 nitrogen and oxygen atoms in total. The fourth-order valence-electron chi connectivity index (χ4n) is 5.92. The van der Waals surface area contributed by atoms with E-state index in [0.29, 0.717) is 25.6 Å². The van der Waals surface area contributed by atoms with Crippen LogP contribution in [-0.2, 0) is 16.1 Å². The molecule has 24 heavy (non-hydrogen) atoms. The van der Waals surface area contributed by atoms with Crippen molar-refractivity contribution in [1.82, 2.24) is 4.90 Å². The standard InChI is InChI=1S/C20H29NO3/c1-14-3-4-18(24-14)13-21(5-6-23-2)19(22)20-10-15-7-16(11-20)9-17(8-15)12-20/h3-4,15-17H,5-13H2,1-2H3. The Bertz CT molecular complexity index is 570. The van der Waals surface area contributed by atoms with Crippen LogP contribution in [0.5, 0.6) is 0 Å². The maximum Gasteiger partial charge on any atom is 0.229 e. The van der Waals surface area contributed by atoms with Crippen molar-refractivity contribution in [2.24, 2.45) is 23.2 Å². The number of rotatable bonds is 6. The molecular weight excluding hydrogens is 302 g/mol. The lowest BCUT2D eigenvalue weighted by Crippen LogP contribution is -2.54. The van der Waals surface area contributed by atoms with Gasteiger partial charge in [0.1, 0.15) is 11.5 Å². The Morgan fingerprint density at radius 1 is 1.21 bits per heavy atom. The third kappa shape index (κ3) is 2.90. The summed E-state index contributed by atoms with van der Waals surface area (Å²) in [6.45, 7) is 3.75. The molecule has 0 spiro atoms. The van der Waals surface area contributed by atoms with Crippen molar-refractivity contribution in [2.75, 3.05) is 20.3 Å². The molecule has 5 rings (SSSR count). The van der Waals surface area contributed by atoms with Crippen molar-refractivity contribution in [2.45, 2.75) is 52.0 Å². The monoisotopic (exact) mass is 331 g/mol. The van der Waals surface area contributed by atoms with Gasteiger partial charge in [0, 0.05) is 13.7 Å². The van der Waals surface area contributed by atoms with E-state index in [4.69, 9.17) is 9.15 Å². The first-order valence-corrected chi connectivity index (χ1v) is 9.41. The third-order valence-electron chi connectivity index (χ3n) is 6.49. The van der Waals surface area contributed by atoms with Crippen LogP contribution < -0.4 is 0 Å². The third-order valence-corrected chi connectivity index (χ3v) is 6.49. The Balaban J connectivity index is 1.54. The van der Waals surface area contributed by atoms with Gasteiger partial charge >= 0.3 is 0 Å². The number of methoxy groups -OCH3 is 1. The van der Waals surface area contributed by atoms with Crippen molar-refractivity contribution in [3.8, 4) is 0 Å². The van der Waals surface area contributed by atoms with E-state index in [1.165, 1.54) is 19.3 Å². The van der Waals surface area contributed by atoms with Crippen LogP contribution in [0.4, 0.5) is 0 Å². The molecule has 0 aliphatic heterocycles. The first-order chi connectivity index (χ1) is 11.6. The molecule has 0 aromatic carbocycles. The van der Waals surface area contributed by atoms with Gasteiger partial charge in [-0.2, -0.15) is 0 Å². The minimum Gasteiger partial charge on any atom is -0.464 e. The maximum absolute atomic E-state index is 13.5. The summed E-state index contributed by atoms with van der Waals surface area (Å²) >= 11 is 0. The summed E-state index contributed by atoms with van der Waals surface area (Å²) in [5.74, 6) is 4.49. The van der Waals surface area contributed by atoms with Crippen LogP contribution in [0.1, 0.15) is 50.0 Å². The van der Waals surface area contributed by atoms with E-state index in [0.717, 1.165) is 48.5 Å². The SMILES string of the molecule is COCCN(Cc1ccc(C)o1)C(=O)C12CC3CC(CC(C3)C1)C2. The van der Waals surface area contributed by atoms with Gasteiger partial charge in [0.25, 0.3) is 0 Å². The van der Waals surface area contributed by atoms with Gasteiger partial charge in [-0.15, -0.1) is 0 Å². The predicted octanol–water partition coefficient (Wildman–Crippen LogP) is 3.78. The number of aryl methyl sites for hydroxylation is 1. The zero-order chi connectivity index (χ0) is 16.7. The van der Waals surface area contributed by atoms with E-state index >= 15 is 0 Å². The van der Waals surface area contributed by atoms with Crippen LogP contribution in [0, 0.1) is 30.1 Å². The van der Waals surface area contributed by atoms with E-state index in [-0.39, 0.29) is 5.41 Å². The quantitative estimate of drug-likeness (QED) is 0.797. The Morgan fingerprint density at radius 2 is 1.83 bits per heavy atom. The summed E-state index contributed by atoms with van der Waals surface area (Å²) in [7, 11) is 1.70. The number of hydrogen-bond donors (Lipinski definition) is 0. The summed E-state index contributed by atoms with van der Waals surface area (Å²) in [6.07, 6.45) is 7.42. The smallest absolute Gasteiger partial charge is 0.229 e. The van der Waals surface area contributed by atoms with Crippen molar-refractivity contribution >= 4 is 5.91 Å². The lowest BCUT2D eigenvalue weighted by molar-refractivity contribution is -0.159. The molecule has 1 aromatic heterocycles. The highest BCUT2D eigenvalue weighted by molar-refractivity contribution is 5.83. The topological polar surface area (TPSA) is 42.7 Å². The lowest BCUT2D eigenvalue weighted by atomic mass is 9.49. The van der Waals surface area contributed by atoms with Crippen molar-refractivity contribution in [3.63, 3.8) is 0 Å². The second-order valence-electron chi connectivity index (χ2n) is 8.43. The summed E-state index contributed by atoms with van der Waals surface area (Å²) in [5, 5.41) is 0. The molecule has 0 radical (unpaired) electrons. The van der Waals surface area contributed by atoms with E-state index in [2.05, 4.69) is 0 Å². The van der Waals surface area contributed by atoms with Gasteiger partial charge < -0.3 is 14.1 Å². The average Bonchev–Trinajstić information content (AvgIpc) is 2.94. The van der Waals surface area contributed by atoms with E-state index in [9.17, 15) is 4.79 Å². The molecule has 4 aliphatic rings. The fraction of sp³-hybridized carbons (Fsp3) is 0.750. The Hall–Kier alpha value is -1.29. The van der Waals surface area contributed by atoms with Gasteiger partial charge in [0.05, 0.1) is 18.6 Å². The normalized spacial score (nSPS) is 33.8. The number of carbonyl (C=O) groups is 1. The van der Waals surface area contributed by atoms with Gasteiger partial charge in [-0.25, -0.2) is 0 Å². The molecule has 1 amide bonds. The predicted molar refractivity (Wildman–Crippen MR) is 91.3 cm³/mol. The van der Waals surface area contributed by atoms with Crippen molar-refractivity contribution in [1.29, 1.82) is 0 Å². The van der Waals surface area contributed by atoms with Gasteiger partial charge in [0.15, 0.2) is 0 Å². The molecule has 1 aromatic rings. The van der Waals surface area contributed by atoms with Crippen molar-refractivity contribution < 1.29 is 13.9 Å². The summed E-state index contributed by atoms with van der Waals surface area (Å²) in [4.78, 5) is 15.5. The van der Waals surface area contributed by atoms with Crippen LogP contribution in [0.3, 0.4) is 0 Å². The van der Waals surface area contributed by atoms with Crippen LogP contribution in [0.25, 0.3) is 0 Å². The summed E-state index contributed by atoms with van der Waals surface area (Å²) < 4.78 is 11.0. The van der Waals surface area contributed by atoms with Crippen LogP contribution >= 0.6 is 0 Å². The van der Waals surface area contributed by atoms with E-state index in [1.54, 1.807) is 7.11 Å². The highest BCUT2D eigenvalue weighted by atomic mass is 16.5. The van der Waals surface area contributed by atoms with Gasteiger partial charge in [0.2, 0.25) is 5.91 Å². The second-order valence-corrected chi connectivity index (χ2v) is 8.43. The van der Waals surface area contributed by atoms with Crippen LogP contribution in [0.15, 0.2) is 16.5 Å². The first-order valence-electron chi connectivity index (χ1n) is 9.41. The number of carbonyl (C=O) groups excluding carboxylic acids is 1. The second kappa shape index (κ2) is 6.21. The lowest BCUT2D eigenvalue weighted by Gasteiger charge is -2.56. The minimum atomic E-state index is -0.0931. The zero-order valence-electron chi connectivity index (χ0n) is 14.9. The van der Waals surface area contributed by atoms with E-state index < -0.39 is 0 Å². The van der Waals surface area contributed by atoms with Crippen LogP contribution in [-0.4, -0.2) is 31.1 Å². The molecule has 4 saturated carbocycles. The molecule has 4 heteroatoms. The average molecular weight is 331 g/mol. The molecule has 4 bridgehead atoms. The van der Waals surface area contributed by atoms with E-state index in [1.807, 2.05) is 24.0 Å². The Morgan fingerprint density at radius 3 is 2.33 bits per heavy atom. The minimum absolute atomic E-state index is 0.0931. The molecule has 0 saturated heterocycles.